The van der Waals surface area contributed by atoms with E-state index in [2.05, 4.69) is 4.72 Å². The van der Waals surface area contributed by atoms with Gasteiger partial charge in [0.15, 0.2) is 0 Å². The fourth-order valence-electron chi connectivity index (χ4n) is 2.70. The highest BCUT2D eigenvalue weighted by Crippen LogP contribution is 2.17. The number of nitrogens with one attached hydrogen (secondary N) is 1. The molecule has 0 radical (unpaired) electrons. The lowest BCUT2D eigenvalue weighted by Gasteiger charge is -2.21. The third-order valence-electron chi connectivity index (χ3n) is 3.75. The zero-order valence-electron chi connectivity index (χ0n) is 14.1. The molecule has 128 valence electrons. The van der Waals surface area contributed by atoms with Crippen molar-refractivity contribution < 1.29 is 13.2 Å². The molecule has 1 amide bonds. The van der Waals surface area contributed by atoms with Crippen molar-refractivity contribution in [2.24, 2.45) is 0 Å². The lowest BCUT2D eigenvalue weighted by molar-refractivity contribution is 0.0761. The molecule has 1 aromatic rings. The molecule has 1 aliphatic heterocycles. The molecule has 1 fully saturated rings. The van der Waals surface area contributed by atoms with Crippen molar-refractivity contribution in [3.05, 3.63) is 29.8 Å². The molecule has 0 atom stereocenters. The third kappa shape index (κ3) is 5.04. The molecule has 1 saturated heterocycles. The SMILES string of the molecule is CC(C)(C)NS(=O)(=O)c1ccc(C(=O)N2CCCCCC2)cc1. The first kappa shape index (κ1) is 17.9. The zero-order valence-corrected chi connectivity index (χ0v) is 14.9. The van der Waals surface area contributed by atoms with Crippen LogP contribution in [0, 0.1) is 0 Å². The van der Waals surface area contributed by atoms with Crippen molar-refractivity contribution in [1.29, 1.82) is 0 Å². The van der Waals surface area contributed by atoms with Crippen LogP contribution in [0.2, 0.25) is 0 Å². The van der Waals surface area contributed by atoms with Gasteiger partial charge in [0.25, 0.3) is 5.91 Å². The summed E-state index contributed by atoms with van der Waals surface area (Å²) in [5.41, 5.74) is 0.000870. The van der Waals surface area contributed by atoms with E-state index in [1.54, 1.807) is 32.9 Å². The Kier molecular flexibility index (Phi) is 5.47. The van der Waals surface area contributed by atoms with E-state index in [4.69, 9.17) is 0 Å². The van der Waals surface area contributed by atoms with Crippen LogP contribution in [0.3, 0.4) is 0 Å². The number of likely N-dealkylation sites (tertiary alicyclic amines) is 1. The first-order valence-corrected chi connectivity index (χ1v) is 9.61. The summed E-state index contributed by atoms with van der Waals surface area (Å²) in [4.78, 5) is 14.5. The molecule has 6 heteroatoms. The van der Waals surface area contributed by atoms with Crippen LogP contribution in [0.1, 0.15) is 56.8 Å². The fraction of sp³-hybridized carbons (Fsp3) is 0.588. The van der Waals surface area contributed by atoms with E-state index in [0.717, 1.165) is 25.9 Å². The van der Waals surface area contributed by atoms with Crippen molar-refractivity contribution in [3.63, 3.8) is 0 Å². The number of hydrogen-bond acceptors (Lipinski definition) is 3. The van der Waals surface area contributed by atoms with Crippen molar-refractivity contribution in [3.8, 4) is 0 Å². The predicted molar refractivity (Wildman–Crippen MR) is 90.9 cm³/mol. The highest BCUT2D eigenvalue weighted by Gasteiger charge is 2.23. The maximum absolute atomic E-state index is 12.5. The minimum atomic E-state index is -3.57. The molecular formula is C17H26N2O3S. The minimum Gasteiger partial charge on any atom is -0.339 e. The van der Waals surface area contributed by atoms with Gasteiger partial charge in [-0.1, -0.05) is 12.8 Å². The quantitative estimate of drug-likeness (QED) is 0.921. The summed E-state index contributed by atoms with van der Waals surface area (Å²) in [7, 11) is -3.57. The summed E-state index contributed by atoms with van der Waals surface area (Å²) < 4.78 is 27.1. The van der Waals surface area contributed by atoms with Crippen molar-refractivity contribution in [2.75, 3.05) is 13.1 Å². The second-order valence-electron chi connectivity index (χ2n) is 7.09. The standard InChI is InChI=1S/C17H26N2O3S/c1-17(2,3)18-23(21,22)15-10-8-14(9-11-15)16(20)19-12-6-4-5-7-13-19/h8-11,18H,4-7,12-13H2,1-3H3. The maximum atomic E-state index is 12.5. The Morgan fingerprint density at radius 3 is 2.00 bits per heavy atom. The van der Waals surface area contributed by atoms with E-state index in [0.29, 0.717) is 5.56 Å². The number of sulfonamides is 1. The molecule has 5 nitrogen and oxygen atoms in total. The van der Waals surface area contributed by atoms with Gasteiger partial charge in [0.1, 0.15) is 0 Å². The molecule has 0 spiro atoms. The number of nitrogens with zero attached hydrogens (tertiary/aromatic N) is 1. The molecule has 1 heterocycles. The molecule has 0 unspecified atom stereocenters. The number of benzene rings is 1. The normalized spacial score (nSPS) is 16.9. The van der Waals surface area contributed by atoms with Gasteiger partial charge in [-0.25, -0.2) is 13.1 Å². The molecule has 0 saturated carbocycles. The number of carbonyl (C=O) groups excluding carboxylic acids is 1. The molecule has 23 heavy (non-hydrogen) atoms. The number of rotatable bonds is 3. The summed E-state index contributed by atoms with van der Waals surface area (Å²) in [5.74, 6) is -0.0142. The number of carbonyl (C=O) groups is 1. The van der Waals surface area contributed by atoms with E-state index in [1.807, 2.05) is 4.90 Å². The Bertz CT molecular complexity index is 637. The lowest BCUT2D eigenvalue weighted by Crippen LogP contribution is -2.40. The maximum Gasteiger partial charge on any atom is 0.253 e. The van der Waals surface area contributed by atoms with Crippen molar-refractivity contribution >= 4 is 15.9 Å². The van der Waals surface area contributed by atoms with E-state index in [1.165, 1.54) is 25.0 Å². The van der Waals surface area contributed by atoms with Gasteiger partial charge >= 0.3 is 0 Å². The minimum absolute atomic E-state index is 0.0142. The van der Waals surface area contributed by atoms with Gasteiger partial charge in [-0.05, 0) is 57.9 Å². The molecule has 1 N–H and O–H groups in total. The van der Waals surface area contributed by atoms with Gasteiger partial charge in [0.05, 0.1) is 4.90 Å². The number of hydrogen-bond donors (Lipinski definition) is 1. The van der Waals surface area contributed by atoms with Gasteiger partial charge in [0, 0.05) is 24.2 Å². The van der Waals surface area contributed by atoms with Gasteiger partial charge in [-0.2, -0.15) is 0 Å². The summed E-state index contributed by atoms with van der Waals surface area (Å²) in [5, 5.41) is 0. The van der Waals surface area contributed by atoms with Crippen LogP contribution in [-0.2, 0) is 10.0 Å². The topological polar surface area (TPSA) is 66.5 Å². The number of amides is 1. The molecular weight excluding hydrogens is 312 g/mol. The molecule has 0 bridgehead atoms. The Hall–Kier alpha value is -1.40. The Morgan fingerprint density at radius 2 is 1.52 bits per heavy atom. The smallest absolute Gasteiger partial charge is 0.253 e. The Balaban J connectivity index is 2.14. The van der Waals surface area contributed by atoms with E-state index in [-0.39, 0.29) is 10.8 Å². The van der Waals surface area contributed by atoms with Crippen LogP contribution in [0.4, 0.5) is 0 Å². The predicted octanol–water partition coefficient (Wildman–Crippen LogP) is 2.78. The van der Waals surface area contributed by atoms with Gasteiger partial charge in [-0.15, -0.1) is 0 Å². The van der Waals surface area contributed by atoms with Crippen molar-refractivity contribution in [2.45, 2.75) is 56.9 Å². The summed E-state index contributed by atoms with van der Waals surface area (Å²) in [6, 6.07) is 6.20. The fourth-order valence-corrected chi connectivity index (χ4v) is 4.11. The average molecular weight is 338 g/mol. The Morgan fingerprint density at radius 1 is 1.00 bits per heavy atom. The van der Waals surface area contributed by atoms with E-state index >= 15 is 0 Å². The van der Waals surface area contributed by atoms with Gasteiger partial charge in [-0.3, -0.25) is 4.79 Å². The highest BCUT2D eigenvalue weighted by molar-refractivity contribution is 7.89. The molecule has 1 aromatic carbocycles. The van der Waals surface area contributed by atoms with Gasteiger partial charge < -0.3 is 4.90 Å². The van der Waals surface area contributed by atoms with Gasteiger partial charge in [0.2, 0.25) is 10.0 Å². The van der Waals surface area contributed by atoms with Crippen LogP contribution in [-0.4, -0.2) is 37.9 Å². The highest BCUT2D eigenvalue weighted by atomic mass is 32.2. The zero-order chi connectivity index (χ0) is 17.1. The first-order chi connectivity index (χ1) is 10.7. The van der Waals surface area contributed by atoms with Crippen LogP contribution in [0.15, 0.2) is 29.2 Å². The summed E-state index contributed by atoms with van der Waals surface area (Å²) in [6.45, 7) is 6.94. The molecule has 0 aromatic heterocycles. The van der Waals surface area contributed by atoms with E-state index in [9.17, 15) is 13.2 Å². The molecule has 1 aliphatic rings. The molecule has 2 rings (SSSR count). The summed E-state index contributed by atoms with van der Waals surface area (Å²) in [6.07, 6.45) is 4.40. The lowest BCUT2D eigenvalue weighted by atomic mass is 10.1. The first-order valence-electron chi connectivity index (χ1n) is 8.12. The summed E-state index contributed by atoms with van der Waals surface area (Å²) >= 11 is 0. The van der Waals surface area contributed by atoms with E-state index < -0.39 is 15.6 Å². The van der Waals surface area contributed by atoms with Crippen LogP contribution >= 0.6 is 0 Å². The van der Waals surface area contributed by atoms with Crippen molar-refractivity contribution in [1.82, 2.24) is 9.62 Å². The monoisotopic (exact) mass is 338 g/mol. The largest absolute Gasteiger partial charge is 0.339 e. The second kappa shape index (κ2) is 7.01. The average Bonchev–Trinajstić information content (AvgIpc) is 2.73. The van der Waals surface area contributed by atoms with Crippen LogP contribution in [0.5, 0.6) is 0 Å². The van der Waals surface area contributed by atoms with Crippen LogP contribution < -0.4 is 4.72 Å². The Labute approximate surface area is 139 Å². The third-order valence-corrected chi connectivity index (χ3v) is 5.52. The second-order valence-corrected chi connectivity index (χ2v) is 8.77. The molecule has 0 aliphatic carbocycles. The van der Waals surface area contributed by atoms with Crippen LogP contribution in [0.25, 0.3) is 0 Å².